The van der Waals surface area contributed by atoms with E-state index in [-0.39, 0.29) is 23.2 Å². The lowest BCUT2D eigenvalue weighted by molar-refractivity contribution is -0.0844. The van der Waals surface area contributed by atoms with Crippen LogP contribution in [0.15, 0.2) is 36.5 Å². The number of aromatic nitrogens is 2. The Labute approximate surface area is 188 Å². The first-order valence-corrected chi connectivity index (χ1v) is 11.4. The van der Waals surface area contributed by atoms with Gasteiger partial charge in [0, 0.05) is 26.4 Å². The first-order chi connectivity index (χ1) is 15.6. The van der Waals surface area contributed by atoms with Crippen molar-refractivity contribution in [2.45, 2.75) is 44.9 Å². The SMILES string of the molecule is COCCn1nccc1C(=O)NCC1CCC2(CCN(Cc3cccc(F)c3)CC2)CO1. The summed E-state index contributed by atoms with van der Waals surface area (Å²) in [6.07, 6.45) is 5.94. The Bertz CT molecular complexity index is 885. The van der Waals surface area contributed by atoms with Gasteiger partial charge in [0.25, 0.3) is 5.91 Å². The summed E-state index contributed by atoms with van der Waals surface area (Å²) in [4.78, 5) is 14.9. The van der Waals surface area contributed by atoms with Crippen molar-refractivity contribution in [1.29, 1.82) is 0 Å². The minimum atomic E-state index is -0.172. The summed E-state index contributed by atoms with van der Waals surface area (Å²) >= 11 is 0. The molecule has 1 N–H and O–H groups in total. The van der Waals surface area contributed by atoms with Gasteiger partial charge in [-0.3, -0.25) is 14.4 Å². The molecule has 2 aliphatic heterocycles. The van der Waals surface area contributed by atoms with Crippen LogP contribution in [0.4, 0.5) is 4.39 Å². The molecule has 1 amide bonds. The van der Waals surface area contributed by atoms with E-state index in [4.69, 9.17) is 9.47 Å². The number of carbonyl (C=O) groups is 1. The molecule has 1 aromatic heterocycles. The second kappa shape index (κ2) is 10.6. The van der Waals surface area contributed by atoms with Gasteiger partial charge in [0.1, 0.15) is 11.5 Å². The van der Waals surface area contributed by atoms with Crippen LogP contribution in [0.3, 0.4) is 0 Å². The van der Waals surface area contributed by atoms with E-state index >= 15 is 0 Å². The topological polar surface area (TPSA) is 68.6 Å². The van der Waals surface area contributed by atoms with Crippen molar-refractivity contribution in [1.82, 2.24) is 20.0 Å². The fourth-order valence-electron chi connectivity index (χ4n) is 4.73. The number of likely N-dealkylation sites (tertiary alicyclic amines) is 1. The highest BCUT2D eigenvalue weighted by Crippen LogP contribution is 2.40. The van der Waals surface area contributed by atoms with Crippen molar-refractivity contribution >= 4 is 5.91 Å². The second-order valence-corrected chi connectivity index (χ2v) is 9.02. The normalized spacial score (nSPS) is 21.0. The average molecular weight is 445 g/mol. The maximum Gasteiger partial charge on any atom is 0.269 e. The minimum Gasteiger partial charge on any atom is -0.383 e. The van der Waals surface area contributed by atoms with Gasteiger partial charge in [0.15, 0.2) is 0 Å². The number of ether oxygens (including phenoxy) is 2. The van der Waals surface area contributed by atoms with Crippen LogP contribution in [-0.4, -0.2) is 66.6 Å². The standard InChI is InChI=1S/C24H33FN4O3/c1-31-14-13-29-22(6-10-27-29)23(30)26-16-21-5-7-24(18-32-21)8-11-28(12-9-24)17-19-3-2-4-20(25)15-19/h2-4,6,10,15,21H,5,7-9,11-14,16-18H2,1H3,(H,26,30). The van der Waals surface area contributed by atoms with Gasteiger partial charge in [-0.1, -0.05) is 12.1 Å². The van der Waals surface area contributed by atoms with Crippen LogP contribution in [0, 0.1) is 11.2 Å². The van der Waals surface area contributed by atoms with E-state index < -0.39 is 0 Å². The number of hydrogen-bond acceptors (Lipinski definition) is 5. The largest absolute Gasteiger partial charge is 0.383 e. The van der Waals surface area contributed by atoms with E-state index in [1.54, 1.807) is 36.2 Å². The third-order valence-corrected chi connectivity index (χ3v) is 6.78. The van der Waals surface area contributed by atoms with E-state index in [1.165, 1.54) is 6.07 Å². The van der Waals surface area contributed by atoms with Gasteiger partial charge in [0.2, 0.25) is 0 Å². The van der Waals surface area contributed by atoms with Gasteiger partial charge in [-0.15, -0.1) is 0 Å². The molecule has 174 valence electrons. The van der Waals surface area contributed by atoms with Crippen molar-refractivity contribution in [2.75, 3.05) is 40.0 Å². The van der Waals surface area contributed by atoms with Crippen LogP contribution in [0.1, 0.15) is 41.7 Å². The Kier molecular flexibility index (Phi) is 7.55. The lowest BCUT2D eigenvalue weighted by atomic mass is 9.73. The molecule has 1 unspecified atom stereocenters. The van der Waals surface area contributed by atoms with Gasteiger partial charge in [-0.2, -0.15) is 5.10 Å². The Hall–Kier alpha value is -2.29. The molecule has 32 heavy (non-hydrogen) atoms. The molecule has 8 heteroatoms. The van der Waals surface area contributed by atoms with E-state index in [1.807, 2.05) is 6.07 Å². The Morgan fingerprint density at radius 3 is 2.88 bits per heavy atom. The molecule has 2 fully saturated rings. The number of halogens is 1. The van der Waals surface area contributed by atoms with E-state index in [2.05, 4.69) is 15.3 Å². The van der Waals surface area contributed by atoms with Crippen molar-refractivity contribution in [3.05, 3.63) is 53.6 Å². The van der Waals surface area contributed by atoms with Crippen LogP contribution in [0.2, 0.25) is 0 Å². The highest BCUT2D eigenvalue weighted by Gasteiger charge is 2.38. The highest BCUT2D eigenvalue weighted by atomic mass is 19.1. The zero-order valence-corrected chi connectivity index (χ0v) is 18.8. The summed E-state index contributed by atoms with van der Waals surface area (Å²) in [6, 6.07) is 8.59. The maximum absolute atomic E-state index is 13.4. The van der Waals surface area contributed by atoms with Gasteiger partial charge < -0.3 is 14.8 Å². The highest BCUT2D eigenvalue weighted by molar-refractivity contribution is 5.92. The van der Waals surface area contributed by atoms with Crippen molar-refractivity contribution in [2.24, 2.45) is 5.41 Å². The van der Waals surface area contributed by atoms with E-state index in [0.717, 1.165) is 57.5 Å². The van der Waals surface area contributed by atoms with Crippen LogP contribution < -0.4 is 5.32 Å². The van der Waals surface area contributed by atoms with Crippen LogP contribution in [-0.2, 0) is 22.6 Å². The quantitative estimate of drug-likeness (QED) is 0.678. The molecule has 1 atom stereocenters. The summed E-state index contributed by atoms with van der Waals surface area (Å²) in [5, 5.41) is 7.18. The molecule has 0 radical (unpaired) electrons. The van der Waals surface area contributed by atoms with Gasteiger partial charge >= 0.3 is 0 Å². The summed E-state index contributed by atoms with van der Waals surface area (Å²) in [7, 11) is 1.63. The molecule has 7 nitrogen and oxygen atoms in total. The van der Waals surface area contributed by atoms with E-state index in [0.29, 0.717) is 25.4 Å². The molecular formula is C24H33FN4O3. The zero-order chi connectivity index (χ0) is 22.4. The average Bonchev–Trinajstić information content (AvgIpc) is 3.28. The number of benzene rings is 1. The van der Waals surface area contributed by atoms with Gasteiger partial charge in [-0.05, 0) is 68.0 Å². The van der Waals surface area contributed by atoms with E-state index in [9.17, 15) is 9.18 Å². The number of methoxy groups -OCH3 is 1. The number of piperidine rings is 1. The summed E-state index contributed by atoms with van der Waals surface area (Å²) in [5.74, 6) is -0.303. The lowest BCUT2D eigenvalue weighted by Gasteiger charge is -2.45. The number of carbonyl (C=O) groups excluding carboxylic acids is 1. The molecule has 0 saturated carbocycles. The van der Waals surface area contributed by atoms with Crippen molar-refractivity contribution in [3.63, 3.8) is 0 Å². The molecule has 1 aromatic carbocycles. The summed E-state index contributed by atoms with van der Waals surface area (Å²) < 4.78 is 26.3. The molecule has 2 saturated heterocycles. The predicted molar refractivity (Wildman–Crippen MR) is 119 cm³/mol. The molecule has 4 rings (SSSR count). The first-order valence-electron chi connectivity index (χ1n) is 11.4. The third-order valence-electron chi connectivity index (χ3n) is 6.78. The number of nitrogens with one attached hydrogen (secondary N) is 1. The molecular weight excluding hydrogens is 411 g/mol. The molecule has 3 heterocycles. The molecule has 2 aliphatic rings. The zero-order valence-electron chi connectivity index (χ0n) is 18.8. The summed E-state index contributed by atoms with van der Waals surface area (Å²) in [5.41, 5.74) is 1.80. The second-order valence-electron chi connectivity index (χ2n) is 9.02. The molecule has 2 aromatic rings. The van der Waals surface area contributed by atoms with Crippen LogP contribution in [0.25, 0.3) is 0 Å². The number of rotatable bonds is 8. The first kappa shape index (κ1) is 22.9. The molecule has 1 spiro atoms. The van der Waals surface area contributed by atoms with Gasteiger partial charge in [0.05, 0.1) is 25.9 Å². The Balaban J connectivity index is 1.19. The van der Waals surface area contributed by atoms with Crippen LogP contribution in [0.5, 0.6) is 0 Å². The van der Waals surface area contributed by atoms with Crippen molar-refractivity contribution < 1.29 is 18.7 Å². The maximum atomic E-state index is 13.4. The molecule has 0 aliphatic carbocycles. The number of amides is 1. The minimum absolute atomic E-state index is 0.0465. The Morgan fingerprint density at radius 1 is 1.31 bits per heavy atom. The summed E-state index contributed by atoms with van der Waals surface area (Å²) in [6.45, 7) is 5.12. The predicted octanol–water partition coefficient (Wildman–Crippen LogP) is 2.86. The smallest absolute Gasteiger partial charge is 0.269 e. The monoisotopic (exact) mass is 444 g/mol. The lowest BCUT2D eigenvalue weighted by Crippen LogP contribution is -2.47. The fraction of sp³-hybridized carbons (Fsp3) is 0.583. The number of hydrogen-bond donors (Lipinski definition) is 1. The fourth-order valence-corrected chi connectivity index (χ4v) is 4.73. The van der Waals surface area contributed by atoms with Crippen LogP contribution >= 0.6 is 0 Å². The number of nitrogens with zero attached hydrogens (tertiary/aromatic N) is 3. The van der Waals surface area contributed by atoms with Gasteiger partial charge in [-0.25, -0.2) is 4.39 Å². The van der Waals surface area contributed by atoms with Crippen molar-refractivity contribution in [3.8, 4) is 0 Å². The molecule has 0 bridgehead atoms. The third kappa shape index (κ3) is 5.74. The Morgan fingerprint density at radius 2 is 2.16 bits per heavy atom.